The van der Waals surface area contributed by atoms with Crippen LogP contribution in [0.3, 0.4) is 0 Å². The van der Waals surface area contributed by atoms with E-state index in [1.807, 2.05) is 19.2 Å². The number of carbonyl (C=O) groups excluding carboxylic acids is 3. The molecule has 0 radical (unpaired) electrons. The Balaban J connectivity index is 2.36. The van der Waals surface area contributed by atoms with Gasteiger partial charge in [-0.25, -0.2) is 9.59 Å². The van der Waals surface area contributed by atoms with Crippen LogP contribution in [0, 0.1) is 5.92 Å². The van der Waals surface area contributed by atoms with Gasteiger partial charge >= 0.3 is 18.2 Å². The second-order valence-corrected chi connectivity index (χ2v) is 6.05. The monoisotopic (exact) mass is 386 g/mol. The van der Waals surface area contributed by atoms with Gasteiger partial charge in [-0.2, -0.15) is 13.2 Å². The molecule has 1 aromatic rings. The fraction of sp³-hybridized carbons (Fsp3) is 0.389. The summed E-state index contributed by atoms with van der Waals surface area (Å²) in [5.74, 6) is -1.27. The molecule has 1 aromatic carbocycles. The zero-order valence-electron chi connectivity index (χ0n) is 14.9. The lowest BCUT2D eigenvalue weighted by molar-refractivity contribution is -0.143. The van der Waals surface area contributed by atoms with E-state index in [2.05, 4.69) is 10.1 Å². The number of nitrogens with one attached hydrogen (secondary N) is 2. The van der Waals surface area contributed by atoms with Crippen molar-refractivity contribution in [1.82, 2.24) is 10.6 Å². The number of carbonyl (C=O) groups is 3. The number of imide groups is 1. The van der Waals surface area contributed by atoms with Crippen molar-refractivity contribution in [3.05, 3.63) is 41.5 Å². The zero-order valence-corrected chi connectivity index (χ0v) is 14.9. The maximum absolute atomic E-state index is 12.4. The predicted octanol–water partition coefficient (Wildman–Crippen LogP) is 3.13. The van der Waals surface area contributed by atoms with Crippen LogP contribution in [0.2, 0.25) is 0 Å². The number of alkyl halides is 3. The van der Waals surface area contributed by atoms with Crippen LogP contribution in [0.4, 0.5) is 18.0 Å². The van der Waals surface area contributed by atoms with Crippen molar-refractivity contribution in [2.75, 3.05) is 13.2 Å². The molecule has 0 aliphatic heterocycles. The van der Waals surface area contributed by atoms with E-state index in [1.54, 1.807) is 0 Å². The maximum atomic E-state index is 12.4. The van der Waals surface area contributed by atoms with Crippen molar-refractivity contribution in [3.8, 4) is 0 Å². The lowest BCUT2D eigenvalue weighted by Gasteiger charge is -2.08. The summed E-state index contributed by atoms with van der Waals surface area (Å²) in [5.41, 5.74) is -0.445. The van der Waals surface area contributed by atoms with E-state index in [1.165, 1.54) is 18.2 Å². The molecule has 0 unspecified atom stereocenters. The van der Waals surface area contributed by atoms with Crippen LogP contribution in [-0.4, -0.2) is 31.1 Å². The summed E-state index contributed by atoms with van der Waals surface area (Å²) in [6, 6.07) is 3.48. The number of esters is 1. The van der Waals surface area contributed by atoms with E-state index < -0.39 is 36.3 Å². The van der Waals surface area contributed by atoms with Crippen molar-refractivity contribution >= 4 is 24.0 Å². The highest BCUT2D eigenvalue weighted by molar-refractivity contribution is 5.96. The minimum absolute atomic E-state index is 0.355. The third-order valence-electron chi connectivity index (χ3n) is 3.26. The molecule has 27 heavy (non-hydrogen) atoms. The fourth-order valence-electron chi connectivity index (χ4n) is 1.81. The first kappa shape index (κ1) is 22.2. The Hall–Kier alpha value is -2.84. The number of halogens is 3. The van der Waals surface area contributed by atoms with Gasteiger partial charge in [0, 0.05) is 12.6 Å². The zero-order chi connectivity index (χ0) is 20.4. The smallest absolute Gasteiger partial charge is 0.416 e. The molecule has 3 amide bonds. The molecule has 0 bridgehead atoms. The summed E-state index contributed by atoms with van der Waals surface area (Å²) in [4.78, 5) is 34.4. The van der Waals surface area contributed by atoms with Gasteiger partial charge in [-0.1, -0.05) is 26.0 Å². The molecular weight excluding hydrogens is 365 g/mol. The minimum Gasteiger partial charge on any atom is -0.452 e. The number of hydrogen-bond acceptors (Lipinski definition) is 4. The molecule has 0 aliphatic rings. The molecule has 148 valence electrons. The van der Waals surface area contributed by atoms with Crippen molar-refractivity contribution in [2.45, 2.75) is 26.4 Å². The Morgan fingerprint density at radius 2 is 1.78 bits per heavy atom. The van der Waals surface area contributed by atoms with E-state index in [-0.39, 0.29) is 0 Å². The van der Waals surface area contributed by atoms with Gasteiger partial charge in [0.25, 0.3) is 5.91 Å². The summed E-state index contributed by atoms with van der Waals surface area (Å²) < 4.78 is 42.0. The van der Waals surface area contributed by atoms with Crippen LogP contribution in [-0.2, 0) is 20.5 Å². The normalized spacial score (nSPS) is 11.5. The van der Waals surface area contributed by atoms with Gasteiger partial charge in [0.15, 0.2) is 6.61 Å². The summed E-state index contributed by atoms with van der Waals surface area (Å²) in [6.45, 7) is 3.73. The number of hydrogen-bond donors (Lipinski definition) is 2. The first-order valence-electron chi connectivity index (χ1n) is 8.17. The summed E-state index contributed by atoms with van der Waals surface area (Å²) >= 11 is 0. The van der Waals surface area contributed by atoms with Gasteiger partial charge in [-0.15, -0.1) is 0 Å². The summed E-state index contributed by atoms with van der Waals surface area (Å²) in [7, 11) is 0. The molecule has 0 saturated heterocycles. The number of benzene rings is 1. The molecule has 0 aliphatic carbocycles. The third kappa shape index (κ3) is 9.43. The van der Waals surface area contributed by atoms with E-state index in [0.29, 0.717) is 18.0 Å². The van der Waals surface area contributed by atoms with Gasteiger partial charge in [-0.05, 0) is 36.1 Å². The van der Waals surface area contributed by atoms with Gasteiger partial charge in [0.2, 0.25) is 0 Å². The number of urea groups is 1. The Bertz CT molecular complexity index is 683. The fourth-order valence-corrected chi connectivity index (χ4v) is 1.81. The average Bonchev–Trinajstić information content (AvgIpc) is 2.57. The minimum atomic E-state index is -4.43. The van der Waals surface area contributed by atoms with E-state index in [0.717, 1.165) is 24.6 Å². The molecule has 0 aromatic heterocycles. The molecule has 2 N–H and O–H groups in total. The second-order valence-electron chi connectivity index (χ2n) is 6.05. The highest BCUT2D eigenvalue weighted by Crippen LogP contribution is 2.29. The van der Waals surface area contributed by atoms with E-state index >= 15 is 0 Å². The summed E-state index contributed by atoms with van der Waals surface area (Å²) in [5, 5.41) is 4.50. The van der Waals surface area contributed by atoms with Crippen molar-refractivity contribution in [1.29, 1.82) is 0 Å². The highest BCUT2D eigenvalue weighted by atomic mass is 19.4. The quantitative estimate of drug-likeness (QED) is 0.557. The molecule has 0 heterocycles. The molecule has 0 saturated carbocycles. The van der Waals surface area contributed by atoms with Crippen LogP contribution in [0.15, 0.2) is 30.3 Å². The Kier molecular flexibility index (Phi) is 8.50. The van der Waals surface area contributed by atoms with Crippen molar-refractivity contribution in [2.24, 2.45) is 5.92 Å². The molecule has 0 fully saturated rings. The van der Waals surface area contributed by atoms with Crippen LogP contribution in [0.5, 0.6) is 0 Å². The van der Waals surface area contributed by atoms with Gasteiger partial charge < -0.3 is 10.1 Å². The van der Waals surface area contributed by atoms with Crippen LogP contribution in [0.25, 0.3) is 6.08 Å². The summed E-state index contributed by atoms with van der Waals surface area (Å²) in [6.07, 6.45) is -1.46. The Morgan fingerprint density at radius 1 is 1.15 bits per heavy atom. The molecule has 9 heteroatoms. The van der Waals surface area contributed by atoms with Gasteiger partial charge in [0.1, 0.15) is 0 Å². The predicted molar refractivity (Wildman–Crippen MR) is 92.4 cm³/mol. The molecule has 0 spiro atoms. The highest BCUT2D eigenvalue weighted by Gasteiger charge is 2.29. The topological polar surface area (TPSA) is 84.5 Å². The number of amides is 3. The molecule has 1 rings (SSSR count). The second kappa shape index (κ2) is 10.3. The van der Waals surface area contributed by atoms with Gasteiger partial charge in [-0.3, -0.25) is 10.1 Å². The number of rotatable bonds is 7. The van der Waals surface area contributed by atoms with Crippen LogP contribution < -0.4 is 10.6 Å². The lowest BCUT2D eigenvalue weighted by atomic mass is 10.1. The molecule has 6 nitrogen and oxygen atoms in total. The molecular formula is C18H21F3N2O4. The Morgan fingerprint density at radius 3 is 2.33 bits per heavy atom. The van der Waals surface area contributed by atoms with Crippen molar-refractivity contribution in [3.63, 3.8) is 0 Å². The standard InChI is InChI=1S/C18H21F3N2O4/c1-12(2)9-10-22-17(26)23-15(24)11-27-16(25)8-5-13-3-6-14(7-4-13)18(19,20)21/h3-8,12H,9-11H2,1-2H3,(H2,22,23,24,26)/b8-5+. The van der Waals surface area contributed by atoms with Gasteiger partial charge in [0.05, 0.1) is 5.56 Å². The maximum Gasteiger partial charge on any atom is 0.416 e. The average molecular weight is 386 g/mol. The van der Waals surface area contributed by atoms with Crippen molar-refractivity contribution < 1.29 is 32.3 Å². The Labute approximate surface area is 154 Å². The van der Waals surface area contributed by atoms with E-state index in [9.17, 15) is 27.6 Å². The molecule has 0 atom stereocenters. The first-order valence-corrected chi connectivity index (χ1v) is 8.17. The van der Waals surface area contributed by atoms with Crippen LogP contribution >= 0.6 is 0 Å². The SMILES string of the molecule is CC(C)CCNC(=O)NC(=O)COC(=O)/C=C/c1ccc(C(F)(F)F)cc1. The third-order valence-corrected chi connectivity index (χ3v) is 3.26. The lowest BCUT2D eigenvalue weighted by Crippen LogP contribution is -2.41. The number of ether oxygens (including phenoxy) is 1. The van der Waals surface area contributed by atoms with Crippen LogP contribution in [0.1, 0.15) is 31.4 Å². The first-order chi connectivity index (χ1) is 12.6. The largest absolute Gasteiger partial charge is 0.452 e. The van der Waals surface area contributed by atoms with E-state index in [4.69, 9.17) is 0 Å².